The third-order valence-corrected chi connectivity index (χ3v) is 2.94. The average molecular weight is 252 g/mol. The quantitative estimate of drug-likeness (QED) is 0.740. The number of rotatable bonds is 1. The number of aromatic nitrogens is 1. The van der Waals surface area contributed by atoms with Crippen molar-refractivity contribution in [3.63, 3.8) is 0 Å². The molecule has 6 nitrogen and oxygen atoms in total. The van der Waals surface area contributed by atoms with Crippen molar-refractivity contribution in [3.8, 4) is 0 Å². The van der Waals surface area contributed by atoms with Crippen LogP contribution in [0.4, 0.5) is 10.5 Å². The van der Waals surface area contributed by atoms with Crippen LogP contribution in [0.25, 0.3) is 0 Å². The number of nitrogens with zero attached hydrogens (tertiary/aromatic N) is 2. The lowest BCUT2D eigenvalue weighted by Crippen LogP contribution is -2.43. The second kappa shape index (κ2) is 5.53. The van der Waals surface area contributed by atoms with Crippen molar-refractivity contribution in [2.75, 3.05) is 12.4 Å². The van der Waals surface area contributed by atoms with Gasteiger partial charge in [-0.05, 0) is 19.1 Å². The van der Waals surface area contributed by atoms with Crippen molar-refractivity contribution in [3.05, 3.63) is 18.3 Å². The molecule has 7 heteroatoms. The molecule has 1 aliphatic heterocycles. The van der Waals surface area contributed by atoms with Gasteiger partial charge in [-0.3, -0.25) is 5.43 Å². The van der Waals surface area contributed by atoms with Crippen LogP contribution >= 0.6 is 11.8 Å². The van der Waals surface area contributed by atoms with Crippen LogP contribution < -0.4 is 10.9 Å². The van der Waals surface area contributed by atoms with E-state index in [2.05, 4.69) is 20.8 Å². The van der Waals surface area contributed by atoms with Gasteiger partial charge >= 0.3 is 6.09 Å². The SMILES string of the molecule is CCOC(=O)NNC1=Nc2cccnc2SC1. The highest BCUT2D eigenvalue weighted by atomic mass is 32.2. The maximum absolute atomic E-state index is 11.1. The summed E-state index contributed by atoms with van der Waals surface area (Å²) in [6, 6.07) is 3.70. The van der Waals surface area contributed by atoms with Crippen LogP contribution in [0.3, 0.4) is 0 Å². The number of thioether (sulfide) groups is 1. The Kier molecular flexibility index (Phi) is 3.81. The molecule has 0 bridgehead atoms. The lowest BCUT2D eigenvalue weighted by molar-refractivity contribution is 0.150. The van der Waals surface area contributed by atoms with E-state index in [0.717, 1.165) is 10.7 Å². The number of carbonyl (C=O) groups excluding carboxylic acids is 1. The van der Waals surface area contributed by atoms with Crippen LogP contribution in [0, 0.1) is 0 Å². The van der Waals surface area contributed by atoms with Crippen molar-refractivity contribution in [1.29, 1.82) is 0 Å². The Morgan fingerprint density at radius 3 is 3.35 bits per heavy atom. The van der Waals surface area contributed by atoms with Crippen molar-refractivity contribution < 1.29 is 9.53 Å². The molecule has 1 aromatic rings. The summed E-state index contributed by atoms with van der Waals surface area (Å²) in [6.07, 6.45) is 1.22. The highest BCUT2D eigenvalue weighted by Crippen LogP contribution is 2.30. The second-order valence-electron chi connectivity index (χ2n) is 3.15. The minimum atomic E-state index is -0.516. The second-order valence-corrected chi connectivity index (χ2v) is 4.11. The number of nitrogens with one attached hydrogen (secondary N) is 2. The van der Waals surface area contributed by atoms with Crippen molar-refractivity contribution >= 4 is 29.4 Å². The van der Waals surface area contributed by atoms with Gasteiger partial charge in [0.25, 0.3) is 0 Å². The Hall–Kier alpha value is -1.76. The smallest absolute Gasteiger partial charge is 0.425 e. The molecule has 1 aliphatic rings. The predicted molar refractivity (Wildman–Crippen MR) is 65.3 cm³/mol. The topological polar surface area (TPSA) is 75.6 Å². The molecule has 1 aromatic heterocycles. The minimum Gasteiger partial charge on any atom is -0.449 e. The average Bonchev–Trinajstić information content (AvgIpc) is 2.36. The van der Waals surface area contributed by atoms with Gasteiger partial charge in [-0.1, -0.05) is 11.8 Å². The van der Waals surface area contributed by atoms with E-state index in [1.165, 1.54) is 0 Å². The van der Waals surface area contributed by atoms with Crippen LogP contribution in [0.15, 0.2) is 28.3 Å². The molecule has 0 fully saturated rings. The highest BCUT2D eigenvalue weighted by molar-refractivity contribution is 8.00. The molecular formula is C10H12N4O2S. The van der Waals surface area contributed by atoms with E-state index in [1.807, 2.05) is 12.1 Å². The summed E-state index contributed by atoms with van der Waals surface area (Å²) in [4.78, 5) is 19.6. The molecule has 2 rings (SSSR count). The number of amides is 1. The van der Waals surface area contributed by atoms with Crippen molar-refractivity contribution in [2.24, 2.45) is 4.99 Å². The Morgan fingerprint density at radius 1 is 1.65 bits per heavy atom. The van der Waals surface area contributed by atoms with Gasteiger partial charge in [0.05, 0.1) is 18.0 Å². The number of amidine groups is 1. The molecular weight excluding hydrogens is 240 g/mol. The molecule has 0 aromatic carbocycles. The number of aliphatic imine (C=N–C) groups is 1. The standard InChI is InChI=1S/C10H12N4O2S/c1-2-16-10(15)14-13-8-6-17-9-7(12-8)4-3-5-11-9/h3-5H,2,6H2,1H3,(H,12,13)(H,14,15). The maximum atomic E-state index is 11.1. The van der Waals surface area contributed by atoms with E-state index in [1.54, 1.807) is 24.9 Å². The fourth-order valence-electron chi connectivity index (χ4n) is 1.25. The summed E-state index contributed by atoms with van der Waals surface area (Å²) < 4.78 is 4.72. The number of fused-ring (bicyclic) bond motifs is 1. The number of hydrogen-bond acceptors (Lipinski definition) is 6. The Balaban J connectivity index is 1.96. The van der Waals surface area contributed by atoms with Crippen molar-refractivity contribution in [2.45, 2.75) is 11.9 Å². The summed E-state index contributed by atoms with van der Waals surface area (Å²) in [5.74, 6) is 1.31. The first-order valence-corrected chi connectivity index (χ1v) is 6.12. The highest BCUT2D eigenvalue weighted by Gasteiger charge is 2.13. The molecule has 1 amide bonds. The summed E-state index contributed by atoms with van der Waals surface area (Å²) in [5, 5.41) is 0.897. The summed E-state index contributed by atoms with van der Waals surface area (Å²) in [6.45, 7) is 2.08. The summed E-state index contributed by atoms with van der Waals surface area (Å²) >= 11 is 1.57. The van der Waals surface area contributed by atoms with Crippen LogP contribution in [-0.2, 0) is 4.74 Å². The molecule has 0 radical (unpaired) electrons. The van der Waals surface area contributed by atoms with Gasteiger partial charge < -0.3 is 4.74 Å². The van der Waals surface area contributed by atoms with Crippen LogP contribution in [0.5, 0.6) is 0 Å². The third kappa shape index (κ3) is 3.10. The molecule has 0 unspecified atom stereocenters. The molecule has 90 valence electrons. The lowest BCUT2D eigenvalue weighted by atomic mass is 10.4. The first kappa shape index (κ1) is 11.7. The molecule has 0 saturated carbocycles. The van der Waals surface area contributed by atoms with Gasteiger partial charge in [-0.25, -0.2) is 20.2 Å². The molecule has 17 heavy (non-hydrogen) atoms. The zero-order valence-corrected chi connectivity index (χ0v) is 10.1. The van der Waals surface area contributed by atoms with Crippen LogP contribution in [0.1, 0.15) is 6.92 Å². The van der Waals surface area contributed by atoms with Crippen LogP contribution in [-0.4, -0.2) is 29.3 Å². The van der Waals surface area contributed by atoms with Crippen LogP contribution in [0.2, 0.25) is 0 Å². The Labute approximate surface area is 103 Å². The normalized spacial score (nSPS) is 13.4. The van der Waals surface area contributed by atoms with E-state index in [-0.39, 0.29) is 0 Å². The molecule has 0 aliphatic carbocycles. The fourth-order valence-corrected chi connectivity index (χ4v) is 2.05. The fraction of sp³-hybridized carbons (Fsp3) is 0.300. The van der Waals surface area contributed by atoms with Gasteiger partial charge in [0.15, 0.2) is 0 Å². The number of carbonyl (C=O) groups is 1. The first-order chi connectivity index (χ1) is 8.29. The zero-order chi connectivity index (χ0) is 12.1. The monoisotopic (exact) mass is 252 g/mol. The summed E-state index contributed by atoms with van der Waals surface area (Å²) in [7, 11) is 0. The van der Waals surface area contributed by atoms with E-state index in [0.29, 0.717) is 18.2 Å². The van der Waals surface area contributed by atoms with Crippen molar-refractivity contribution in [1.82, 2.24) is 15.8 Å². The first-order valence-electron chi connectivity index (χ1n) is 5.13. The van der Waals surface area contributed by atoms with E-state index in [4.69, 9.17) is 4.74 Å². The third-order valence-electron chi connectivity index (χ3n) is 1.94. The number of hydrogen-bond donors (Lipinski definition) is 2. The number of hydrazine groups is 1. The molecule has 0 saturated heterocycles. The minimum absolute atomic E-state index is 0.335. The molecule has 2 heterocycles. The Bertz CT molecular complexity index is 450. The van der Waals surface area contributed by atoms with Gasteiger partial charge in [-0.15, -0.1) is 0 Å². The molecule has 2 N–H and O–H groups in total. The zero-order valence-electron chi connectivity index (χ0n) is 9.27. The number of ether oxygens (including phenoxy) is 1. The lowest BCUT2D eigenvalue weighted by Gasteiger charge is -2.15. The summed E-state index contributed by atoms with van der Waals surface area (Å²) in [5.41, 5.74) is 5.94. The van der Waals surface area contributed by atoms with E-state index >= 15 is 0 Å². The van der Waals surface area contributed by atoms with E-state index in [9.17, 15) is 4.79 Å². The largest absolute Gasteiger partial charge is 0.449 e. The van der Waals surface area contributed by atoms with E-state index < -0.39 is 6.09 Å². The molecule has 0 atom stereocenters. The predicted octanol–water partition coefficient (Wildman–Crippen LogP) is 1.47. The van der Waals surface area contributed by atoms with Gasteiger partial charge in [0.1, 0.15) is 10.9 Å². The van der Waals surface area contributed by atoms with Gasteiger partial charge in [-0.2, -0.15) is 0 Å². The Morgan fingerprint density at radius 2 is 2.53 bits per heavy atom. The molecule has 0 spiro atoms. The van der Waals surface area contributed by atoms with Gasteiger partial charge in [0, 0.05) is 6.20 Å². The number of pyridine rings is 1. The van der Waals surface area contributed by atoms with Gasteiger partial charge in [0.2, 0.25) is 0 Å². The maximum Gasteiger partial charge on any atom is 0.425 e.